The summed E-state index contributed by atoms with van der Waals surface area (Å²) in [6.07, 6.45) is 0.0942. The fourth-order valence-electron chi connectivity index (χ4n) is 1.53. The Labute approximate surface area is 123 Å². The SMILES string of the molecule is CC(C)OCCN(C)C(=O)Nc1ccc(O)c(C(=O)O)c1. The van der Waals surface area contributed by atoms with Crippen molar-refractivity contribution in [2.24, 2.45) is 0 Å². The lowest BCUT2D eigenvalue weighted by Crippen LogP contribution is -2.34. The van der Waals surface area contributed by atoms with E-state index in [9.17, 15) is 14.7 Å². The zero-order valence-corrected chi connectivity index (χ0v) is 12.3. The highest BCUT2D eigenvalue weighted by atomic mass is 16.5. The van der Waals surface area contributed by atoms with Crippen LogP contribution < -0.4 is 5.32 Å². The van der Waals surface area contributed by atoms with Crippen LogP contribution in [-0.2, 0) is 4.74 Å². The summed E-state index contributed by atoms with van der Waals surface area (Å²) in [6.45, 7) is 4.64. The van der Waals surface area contributed by atoms with Gasteiger partial charge in [-0.3, -0.25) is 0 Å². The maximum absolute atomic E-state index is 11.9. The summed E-state index contributed by atoms with van der Waals surface area (Å²) in [5.74, 6) is -1.61. The molecule has 7 nitrogen and oxygen atoms in total. The van der Waals surface area contributed by atoms with Gasteiger partial charge in [0.05, 0.1) is 12.7 Å². The van der Waals surface area contributed by atoms with Gasteiger partial charge in [0.2, 0.25) is 0 Å². The molecule has 0 spiro atoms. The van der Waals surface area contributed by atoms with Crippen molar-refractivity contribution in [3.05, 3.63) is 23.8 Å². The van der Waals surface area contributed by atoms with E-state index in [1.54, 1.807) is 7.05 Å². The monoisotopic (exact) mass is 296 g/mol. The van der Waals surface area contributed by atoms with Crippen molar-refractivity contribution in [1.82, 2.24) is 4.90 Å². The fraction of sp³-hybridized carbons (Fsp3) is 0.429. The molecule has 116 valence electrons. The van der Waals surface area contributed by atoms with Gasteiger partial charge in [-0.25, -0.2) is 9.59 Å². The highest BCUT2D eigenvalue weighted by Crippen LogP contribution is 2.21. The van der Waals surface area contributed by atoms with Gasteiger partial charge >= 0.3 is 12.0 Å². The minimum Gasteiger partial charge on any atom is -0.507 e. The Kier molecular flexibility index (Phi) is 5.98. The third kappa shape index (κ3) is 5.31. The molecule has 3 N–H and O–H groups in total. The van der Waals surface area contributed by atoms with Gasteiger partial charge in [0, 0.05) is 19.3 Å². The quantitative estimate of drug-likeness (QED) is 0.697. The molecule has 1 rings (SSSR count). The van der Waals surface area contributed by atoms with Crippen LogP contribution in [0.25, 0.3) is 0 Å². The van der Waals surface area contributed by atoms with E-state index in [1.165, 1.54) is 23.1 Å². The number of amides is 2. The number of benzene rings is 1. The first kappa shape index (κ1) is 16.8. The molecule has 1 aromatic rings. The Hall–Kier alpha value is -2.28. The summed E-state index contributed by atoms with van der Waals surface area (Å²) in [4.78, 5) is 24.2. The largest absolute Gasteiger partial charge is 0.507 e. The van der Waals surface area contributed by atoms with Crippen molar-refractivity contribution in [2.45, 2.75) is 20.0 Å². The Bertz CT molecular complexity index is 516. The van der Waals surface area contributed by atoms with Crippen LogP contribution in [-0.4, -0.2) is 53.4 Å². The molecule has 0 aliphatic carbocycles. The molecule has 1 aromatic carbocycles. The molecule has 0 radical (unpaired) electrons. The van der Waals surface area contributed by atoms with E-state index in [1.807, 2.05) is 13.8 Å². The Morgan fingerprint density at radius 2 is 2.05 bits per heavy atom. The summed E-state index contributed by atoms with van der Waals surface area (Å²) in [5, 5.41) is 20.9. The molecular formula is C14H20N2O5. The first-order valence-electron chi connectivity index (χ1n) is 6.51. The molecule has 0 aliphatic rings. The van der Waals surface area contributed by atoms with Gasteiger partial charge in [0.1, 0.15) is 11.3 Å². The number of likely N-dealkylation sites (N-methyl/N-ethyl adjacent to an activating group) is 1. The standard InChI is InChI=1S/C14H20N2O5/c1-9(2)21-7-6-16(3)14(20)15-10-4-5-12(17)11(8-10)13(18)19/h4-5,8-9,17H,6-7H2,1-3H3,(H,15,20)(H,18,19). The second-order valence-electron chi connectivity index (χ2n) is 4.81. The molecule has 0 saturated carbocycles. The molecule has 0 aliphatic heterocycles. The molecule has 0 heterocycles. The van der Waals surface area contributed by atoms with Crippen molar-refractivity contribution in [3.8, 4) is 5.75 Å². The van der Waals surface area contributed by atoms with Crippen molar-refractivity contribution < 1.29 is 24.5 Å². The van der Waals surface area contributed by atoms with Crippen LogP contribution in [0.15, 0.2) is 18.2 Å². The minimum absolute atomic E-state index is 0.0942. The van der Waals surface area contributed by atoms with Crippen LogP contribution in [0.2, 0.25) is 0 Å². The first-order valence-corrected chi connectivity index (χ1v) is 6.51. The Morgan fingerprint density at radius 1 is 1.38 bits per heavy atom. The molecule has 0 fully saturated rings. The smallest absolute Gasteiger partial charge is 0.339 e. The summed E-state index contributed by atoms with van der Waals surface area (Å²) in [7, 11) is 1.61. The van der Waals surface area contributed by atoms with Crippen LogP contribution in [0.5, 0.6) is 5.75 Å². The van der Waals surface area contributed by atoms with Crippen molar-refractivity contribution in [1.29, 1.82) is 0 Å². The Morgan fingerprint density at radius 3 is 2.62 bits per heavy atom. The number of phenols is 1. The summed E-state index contributed by atoms with van der Waals surface area (Å²) in [6, 6.07) is 3.47. The number of hydrogen-bond donors (Lipinski definition) is 3. The van der Waals surface area contributed by atoms with Crippen LogP contribution in [0.3, 0.4) is 0 Å². The van der Waals surface area contributed by atoms with Gasteiger partial charge in [-0.05, 0) is 32.0 Å². The number of aromatic hydroxyl groups is 1. The summed E-state index contributed by atoms with van der Waals surface area (Å²) >= 11 is 0. The minimum atomic E-state index is -1.26. The van der Waals surface area contributed by atoms with Gasteiger partial charge in [-0.1, -0.05) is 0 Å². The molecule has 0 saturated heterocycles. The number of ether oxygens (including phenoxy) is 1. The number of carboxylic acids is 1. The van der Waals surface area contributed by atoms with E-state index in [2.05, 4.69) is 5.32 Å². The molecule has 2 amide bonds. The maximum Gasteiger partial charge on any atom is 0.339 e. The summed E-state index contributed by atoms with van der Waals surface area (Å²) < 4.78 is 5.35. The van der Waals surface area contributed by atoms with Crippen LogP contribution >= 0.6 is 0 Å². The van der Waals surface area contributed by atoms with Crippen LogP contribution in [0, 0.1) is 0 Å². The van der Waals surface area contributed by atoms with Crippen LogP contribution in [0.4, 0.5) is 10.5 Å². The van der Waals surface area contributed by atoms with Gasteiger partial charge in [-0.2, -0.15) is 0 Å². The Balaban J connectivity index is 2.62. The van der Waals surface area contributed by atoms with E-state index in [0.29, 0.717) is 18.8 Å². The van der Waals surface area contributed by atoms with E-state index in [0.717, 1.165) is 0 Å². The zero-order valence-electron chi connectivity index (χ0n) is 12.3. The number of carbonyl (C=O) groups excluding carboxylic acids is 1. The van der Waals surface area contributed by atoms with Gasteiger partial charge < -0.3 is 25.2 Å². The van der Waals surface area contributed by atoms with E-state index >= 15 is 0 Å². The van der Waals surface area contributed by atoms with Crippen molar-refractivity contribution in [3.63, 3.8) is 0 Å². The predicted molar refractivity (Wildman–Crippen MR) is 77.8 cm³/mol. The number of carbonyl (C=O) groups is 2. The predicted octanol–water partition coefficient (Wildman–Crippen LogP) is 1.98. The van der Waals surface area contributed by atoms with E-state index in [4.69, 9.17) is 9.84 Å². The van der Waals surface area contributed by atoms with Crippen LogP contribution in [0.1, 0.15) is 24.2 Å². The molecule has 0 unspecified atom stereocenters. The second kappa shape index (κ2) is 7.49. The lowest BCUT2D eigenvalue weighted by atomic mass is 10.2. The molecule has 0 atom stereocenters. The number of anilines is 1. The number of nitrogens with one attached hydrogen (secondary N) is 1. The van der Waals surface area contributed by atoms with Gasteiger partial charge in [-0.15, -0.1) is 0 Å². The number of rotatable bonds is 6. The first-order chi connectivity index (χ1) is 9.81. The number of hydrogen-bond acceptors (Lipinski definition) is 4. The lowest BCUT2D eigenvalue weighted by Gasteiger charge is -2.19. The van der Waals surface area contributed by atoms with Gasteiger partial charge in [0.25, 0.3) is 0 Å². The highest BCUT2D eigenvalue weighted by Gasteiger charge is 2.13. The topological polar surface area (TPSA) is 99.1 Å². The average molecular weight is 296 g/mol. The molecule has 0 aromatic heterocycles. The number of nitrogens with zero attached hydrogens (tertiary/aromatic N) is 1. The van der Waals surface area contributed by atoms with Crippen molar-refractivity contribution >= 4 is 17.7 Å². The number of urea groups is 1. The summed E-state index contributed by atoms with van der Waals surface area (Å²) in [5.41, 5.74) is 0.0328. The second-order valence-corrected chi connectivity index (χ2v) is 4.81. The molecule has 21 heavy (non-hydrogen) atoms. The van der Waals surface area contributed by atoms with Crippen molar-refractivity contribution in [2.75, 3.05) is 25.5 Å². The van der Waals surface area contributed by atoms with E-state index in [-0.39, 0.29) is 23.4 Å². The lowest BCUT2D eigenvalue weighted by molar-refractivity contribution is 0.0690. The average Bonchev–Trinajstić information content (AvgIpc) is 2.40. The third-order valence-electron chi connectivity index (χ3n) is 2.70. The number of aromatic carboxylic acids is 1. The molecule has 7 heteroatoms. The normalized spacial score (nSPS) is 10.5. The van der Waals surface area contributed by atoms with E-state index < -0.39 is 5.97 Å². The highest BCUT2D eigenvalue weighted by molar-refractivity contribution is 5.95. The maximum atomic E-state index is 11.9. The van der Waals surface area contributed by atoms with Gasteiger partial charge in [0.15, 0.2) is 0 Å². The number of carboxylic acid groups (broad SMARTS) is 1. The third-order valence-corrected chi connectivity index (χ3v) is 2.70. The molecule has 0 bridgehead atoms. The molecular weight excluding hydrogens is 276 g/mol. The fourth-order valence-corrected chi connectivity index (χ4v) is 1.53. The zero-order chi connectivity index (χ0) is 16.0.